The van der Waals surface area contributed by atoms with Gasteiger partial charge in [-0.05, 0) is 67.9 Å². The van der Waals surface area contributed by atoms with Crippen LogP contribution in [0.2, 0.25) is 0 Å². The number of carboxylic acid groups (broad SMARTS) is 1. The first kappa shape index (κ1) is 22.8. The van der Waals surface area contributed by atoms with E-state index in [1.165, 1.54) is 41.6 Å². The Morgan fingerprint density at radius 1 is 1.12 bits per heavy atom. The van der Waals surface area contributed by atoms with Gasteiger partial charge in [-0.1, -0.05) is 0 Å². The van der Waals surface area contributed by atoms with E-state index in [1.54, 1.807) is 25.1 Å². The Hall–Kier alpha value is -4.40. The van der Waals surface area contributed by atoms with Gasteiger partial charge in [-0.3, -0.25) is 14.8 Å². The predicted molar refractivity (Wildman–Crippen MR) is 125 cm³/mol. The van der Waals surface area contributed by atoms with Crippen molar-refractivity contribution in [2.45, 2.75) is 26.4 Å². The topological polar surface area (TPSA) is 122 Å². The molecule has 172 valence electrons. The SMILES string of the molecule is Cc1cc2cc(C(=O)N(Cc3ccc(C(=O)O)cn3)[C@H](C)c3ncccc3F)ccc2nc1N. The number of rotatable bonds is 6. The van der Waals surface area contributed by atoms with Crippen LogP contribution in [0.15, 0.2) is 60.9 Å². The van der Waals surface area contributed by atoms with Gasteiger partial charge in [0.25, 0.3) is 5.91 Å². The molecule has 0 aliphatic heterocycles. The van der Waals surface area contributed by atoms with Crippen molar-refractivity contribution in [2.75, 3.05) is 5.73 Å². The molecule has 1 atom stereocenters. The van der Waals surface area contributed by atoms with Crippen molar-refractivity contribution in [2.24, 2.45) is 0 Å². The predicted octanol–water partition coefficient (Wildman–Crippen LogP) is 4.16. The van der Waals surface area contributed by atoms with Crippen molar-refractivity contribution >= 4 is 28.6 Å². The van der Waals surface area contributed by atoms with Gasteiger partial charge in [0, 0.05) is 23.3 Å². The van der Waals surface area contributed by atoms with E-state index in [4.69, 9.17) is 10.8 Å². The maximum Gasteiger partial charge on any atom is 0.337 e. The molecule has 8 nitrogen and oxygen atoms in total. The normalized spacial score (nSPS) is 11.9. The van der Waals surface area contributed by atoms with Crippen LogP contribution in [-0.4, -0.2) is 36.8 Å². The second kappa shape index (κ2) is 9.22. The van der Waals surface area contributed by atoms with Gasteiger partial charge in [0.05, 0.1) is 35.1 Å². The number of carbonyl (C=O) groups excluding carboxylic acids is 1. The van der Waals surface area contributed by atoms with Crippen LogP contribution < -0.4 is 5.73 Å². The van der Waals surface area contributed by atoms with Crippen LogP contribution in [0.4, 0.5) is 10.2 Å². The first-order valence-electron chi connectivity index (χ1n) is 10.5. The molecule has 1 amide bonds. The number of nitrogens with zero attached hydrogens (tertiary/aromatic N) is 4. The van der Waals surface area contributed by atoms with E-state index in [2.05, 4.69) is 15.0 Å². The fourth-order valence-corrected chi connectivity index (χ4v) is 3.65. The van der Waals surface area contributed by atoms with Gasteiger partial charge >= 0.3 is 5.97 Å². The van der Waals surface area contributed by atoms with Crippen molar-refractivity contribution in [3.63, 3.8) is 0 Å². The summed E-state index contributed by atoms with van der Waals surface area (Å²) in [5.74, 6) is -1.58. The fraction of sp³-hybridized carbons (Fsp3) is 0.160. The van der Waals surface area contributed by atoms with Gasteiger partial charge in [-0.25, -0.2) is 14.2 Å². The van der Waals surface area contributed by atoms with Crippen LogP contribution in [-0.2, 0) is 6.54 Å². The molecule has 0 aliphatic rings. The summed E-state index contributed by atoms with van der Waals surface area (Å²) in [7, 11) is 0. The monoisotopic (exact) mass is 459 g/mol. The third kappa shape index (κ3) is 4.54. The molecular weight excluding hydrogens is 437 g/mol. The summed E-state index contributed by atoms with van der Waals surface area (Å²) in [5.41, 5.74) is 8.31. The number of hydrogen-bond acceptors (Lipinski definition) is 6. The molecule has 3 heterocycles. The average Bonchev–Trinajstić information content (AvgIpc) is 2.83. The number of fused-ring (bicyclic) bond motifs is 1. The third-order valence-electron chi connectivity index (χ3n) is 5.61. The number of halogens is 1. The molecule has 0 unspecified atom stereocenters. The highest BCUT2D eigenvalue weighted by molar-refractivity contribution is 5.98. The number of aromatic carboxylic acids is 1. The van der Waals surface area contributed by atoms with Crippen LogP contribution >= 0.6 is 0 Å². The number of aromatic nitrogens is 3. The van der Waals surface area contributed by atoms with E-state index in [1.807, 2.05) is 13.0 Å². The number of pyridine rings is 3. The Kier molecular flexibility index (Phi) is 6.18. The van der Waals surface area contributed by atoms with Crippen LogP contribution in [0.3, 0.4) is 0 Å². The second-order valence-electron chi connectivity index (χ2n) is 7.92. The molecule has 0 aliphatic carbocycles. The molecule has 0 saturated carbocycles. The molecule has 3 N–H and O–H groups in total. The highest BCUT2D eigenvalue weighted by Gasteiger charge is 2.27. The van der Waals surface area contributed by atoms with Crippen molar-refractivity contribution in [1.29, 1.82) is 0 Å². The Balaban J connectivity index is 1.74. The first-order valence-corrected chi connectivity index (χ1v) is 10.5. The van der Waals surface area contributed by atoms with E-state index in [0.717, 1.165) is 10.9 Å². The van der Waals surface area contributed by atoms with Crippen LogP contribution in [0.1, 0.15) is 50.6 Å². The summed E-state index contributed by atoms with van der Waals surface area (Å²) in [6.45, 7) is 3.54. The number of nitrogens with two attached hydrogens (primary N) is 1. The van der Waals surface area contributed by atoms with E-state index in [-0.39, 0.29) is 23.7 Å². The zero-order chi connectivity index (χ0) is 24.4. The smallest absolute Gasteiger partial charge is 0.337 e. The lowest BCUT2D eigenvalue weighted by atomic mass is 10.1. The minimum Gasteiger partial charge on any atom is -0.478 e. The number of carboxylic acids is 1. The number of amides is 1. The van der Waals surface area contributed by atoms with E-state index in [0.29, 0.717) is 22.6 Å². The van der Waals surface area contributed by atoms with Crippen LogP contribution in [0.25, 0.3) is 10.9 Å². The number of anilines is 1. The lowest BCUT2D eigenvalue weighted by Crippen LogP contribution is -2.34. The summed E-state index contributed by atoms with van der Waals surface area (Å²) in [5, 5.41) is 9.87. The molecule has 34 heavy (non-hydrogen) atoms. The molecule has 0 spiro atoms. The van der Waals surface area contributed by atoms with Crippen molar-refractivity contribution in [1.82, 2.24) is 19.9 Å². The Morgan fingerprint density at radius 2 is 1.88 bits per heavy atom. The van der Waals surface area contributed by atoms with E-state index in [9.17, 15) is 14.0 Å². The lowest BCUT2D eigenvalue weighted by molar-refractivity contribution is 0.0659. The zero-order valence-electron chi connectivity index (χ0n) is 18.6. The van der Waals surface area contributed by atoms with Gasteiger partial charge in [-0.15, -0.1) is 0 Å². The van der Waals surface area contributed by atoms with Gasteiger partial charge < -0.3 is 15.7 Å². The molecule has 1 aromatic carbocycles. The summed E-state index contributed by atoms with van der Waals surface area (Å²) in [4.78, 5) is 38.9. The minimum absolute atomic E-state index is 0.0208. The first-order chi connectivity index (χ1) is 16.2. The Morgan fingerprint density at radius 3 is 2.56 bits per heavy atom. The Labute approximate surface area is 194 Å². The van der Waals surface area contributed by atoms with Gasteiger partial charge in [0.2, 0.25) is 0 Å². The Bertz CT molecular complexity index is 1390. The molecule has 0 bridgehead atoms. The highest BCUT2D eigenvalue weighted by Crippen LogP contribution is 2.26. The number of aryl methyl sites for hydroxylation is 1. The maximum absolute atomic E-state index is 14.5. The molecule has 0 fully saturated rings. The number of nitrogen functional groups attached to an aromatic ring is 1. The zero-order valence-corrected chi connectivity index (χ0v) is 18.6. The van der Waals surface area contributed by atoms with Crippen LogP contribution in [0.5, 0.6) is 0 Å². The summed E-state index contributed by atoms with van der Waals surface area (Å²) in [6.07, 6.45) is 2.69. The molecule has 4 rings (SSSR count). The minimum atomic E-state index is -1.10. The molecule has 0 radical (unpaired) electrons. The average molecular weight is 459 g/mol. The van der Waals surface area contributed by atoms with Gasteiger partial charge in [0.15, 0.2) is 0 Å². The summed E-state index contributed by atoms with van der Waals surface area (Å²) < 4.78 is 14.5. The standard InChI is InChI=1S/C25H22FN5O3/c1-14-10-18-11-16(6-8-21(18)30-23(14)27)24(32)31(15(2)22-20(26)4-3-9-28-22)13-19-7-5-17(12-29-19)25(33)34/h3-12,15H,13H2,1-2H3,(H2,27,30)(H,33,34)/t15-/m1/s1. The second-order valence-corrected chi connectivity index (χ2v) is 7.92. The van der Waals surface area contributed by atoms with Crippen LogP contribution in [0, 0.1) is 12.7 Å². The van der Waals surface area contributed by atoms with Gasteiger partial charge in [-0.2, -0.15) is 0 Å². The quantitative estimate of drug-likeness (QED) is 0.444. The molecular formula is C25H22FN5O3. The molecule has 3 aromatic heterocycles. The lowest BCUT2D eigenvalue weighted by Gasteiger charge is -2.29. The molecule has 4 aromatic rings. The van der Waals surface area contributed by atoms with Gasteiger partial charge in [0.1, 0.15) is 11.6 Å². The van der Waals surface area contributed by atoms with E-state index < -0.39 is 17.8 Å². The van der Waals surface area contributed by atoms with Crippen molar-refractivity contribution < 1.29 is 19.1 Å². The largest absolute Gasteiger partial charge is 0.478 e. The number of benzene rings is 1. The fourth-order valence-electron chi connectivity index (χ4n) is 3.65. The highest BCUT2D eigenvalue weighted by atomic mass is 19.1. The molecule has 9 heteroatoms. The van der Waals surface area contributed by atoms with Crippen molar-refractivity contribution in [3.05, 3.63) is 94.8 Å². The summed E-state index contributed by atoms with van der Waals surface area (Å²) in [6, 6.07) is 11.9. The number of carbonyl (C=O) groups is 2. The van der Waals surface area contributed by atoms with E-state index >= 15 is 0 Å². The third-order valence-corrected chi connectivity index (χ3v) is 5.61. The summed E-state index contributed by atoms with van der Waals surface area (Å²) >= 11 is 0. The number of hydrogen-bond donors (Lipinski definition) is 2. The maximum atomic E-state index is 14.5. The molecule has 0 saturated heterocycles. The van der Waals surface area contributed by atoms with Crippen molar-refractivity contribution in [3.8, 4) is 0 Å².